The SMILES string of the molecule is CCCCC/C=C/CCC(=O)Oc1cnc(-c2ccc(CCC(C)OC(=O)CC)cc2)nc1. The number of hydrogen-bond donors (Lipinski definition) is 0. The Hall–Kier alpha value is -3.02. The van der Waals surface area contributed by atoms with Crippen LogP contribution >= 0.6 is 0 Å². The number of unbranched alkanes of at least 4 members (excludes halogenated alkanes) is 3. The summed E-state index contributed by atoms with van der Waals surface area (Å²) in [7, 11) is 0. The minimum absolute atomic E-state index is 0.0995. The van der Waals surface area contributed by atoms with Crippen molar-refractivity contribution in [2.75, 3.05) is 0 Å². The lowest BCUT2D eigenvalue weighted by Crippen LogP contribution is -2.14. The van der Waals surface area contributed by atoms with Crippen LogP contribution in [0.2, 0.25) is 0 Å². The van der Waals surface area contributed by atoms with Gasteiger partial charge in [0, 0.05) is 18.4 Å². The van der Waals surface area contributed by atoms with Crippen molar-refractivity contribution in [3.63, 3.8) is 0 Å². The van der Waals surface area contributed by atoms with Gasteiger partial charge in [-0.15, -0.1) is 0 Å². The Morgan fingerprint density at radius 3 is 2.33 bits per heavy atom. The molecule has 1 unspecified atom stereocenters. The number of aromatic nitrogens is 2. The van der Waals surface area contributed by atoms with Crippen LogP contribution in [-0.2, 0) is 20.7 Å². The molecule has 2 aromatic rings. The first kappa shape index (κ1) is 26.2. The van der Waals surface area contributed by atoms with Crippen LogP contribution in [-0.4, -0.2) is 28.0 Å². The number of rotatable bonds is 14. The van der Waals surface area contributed by atoms with Crippen molar-refractivity contribution in [1.29, 1.82) is 0 Å². The van der Waals surface area contributed by atoms with E-state index in [0.29, 0.717) is 30.8 Å². The zero-order chi connectivity index (χ0) is 23.9. The second-order valence-electron chi connectivity index (χ2n) is 8.11. The smallest absolute Gasteiger partial charge is 0.311 e. The predicted molar refractivity (Wildman–Crippen MR) is 130 cm³/mol. The van der Waals surface area contributed by atoms with Gasteiger partial charge >= 0.3 is 11.9 Å². The van der Waals surface area contributed by atoms with Gasteiger partial charge in [-0.3, -0.25) is 9.59 Å². The van der Waals surface area contributed by atoms with Gasteiger partial charge in [0.2, 0.25) is 0 Å². The van der Waals surface area contributed by atoms with E-state index in [4.69, 9.17) is 9.47 Å². The van der Waals surface area contributed by atoms with E-state index in [9.17, 15) is 9.59 Å². The third-order valence-corrected chi connectivity index (χ3v) is 5.19. The number of carbonyl (C=O) groups is 2. The highest BCUT2D eigenvalue weighted by Crippen LogP contribution is 2.19. The molecule has 0 amide bonds. The molecule has 0 N–H and O–H groups in total. The van der Waals surface area contributed by atoms with Crippen LogP contribution in [0.4, 0.5) is 0 Å². The fourth-order valence-electron chi connectivity index (χ4n) is 3.21. The van der Waals surface area contributed by atoms with Gasteiger partial charge < -0.3 is 9.47 Å². The van der Waals surface area contributed by atoms with Crippen LogP contribution in [0.1, 0.15) is 77.7 Å². The van der Waals surface area contributed by atoms with Gasteiger partial charge in [-0.2, -0.15) is 0 Å². The normalized spacial score (nSPS) is 12.0. The Labute approximate surface area is 197 Å². The molecule has 0 fully saturated rings. The molecule has 1 heterocycles. The van der Waals surface area contributed by atoms with E-state index < -0.39 is 0 Å². The number of hydrogen-bond acceptors (Lipinski definition) is 6. The number of allylic oxidation sites excluding steroid dienone is 2. The molecule has 2 rings (SSSR count). The number of benzene rings is 1. The molecule has 1 atom stereocenters. The molecular weight excluding hydrogens is 416 g/mol. The van der Waals surface area contributed by atoms with E-state index in [1.165, 1.54) is 31.7 Å². The largest absolute Gasteiger partial charge is 0.463 e. The zero-order valence-corrected chi connectivity index (χ0v) is 20.1. The van der Waals surface area contributed by atoms with Gasteiger partial charge in [-0.05, 0) is 44.6 Å². The molecule has 0 aliphatic carbocycles. The molecule has 0 aliphatic rings. The molecule has 0 saturated carbocycles. The summed E-state index contributed by atoms with van der Waals surface area (Å²) in [6.07, 6.45) is 14.8. The fraction of sp³-hybridized carbons (Fsp3) is 0.481. The molecule has 0 spiro atoms. The molecule has 0 bridgehead atoms. The van der Waals surface area contributed by atoms with Gasteiger partial charge in [0.25, 0.3) is 0 Å². The lowest BCUT2D eigenvalue weighted by molar-refractivity contribution is -0.148. The van der Waals surface area contributed by atoms with Gasteiger partial charge in [-0.25, -0.2) is 9.97 Å². The van der Waals surface area contributed by atoms with Gasteiger partial charge in [0.05, 0.1) is 18.5 Å². The van der Waals surface area contributed by atoms with Gasteiger partial charge in [0.1, 0.15) is 0 Å². The predicted octanol–water partition coefficient (Wildman–Crippen LogP) is 6.24. The minimum atomic E-state index is -0.284. The van der Waals surface area contributed by atoms with E-state index in [-0.39, 0.29) is 18.0 Å². The number of esters is 2. The Morgan fingerprint density at radius 1 is 0.970 bits per heavy atom. The van der Waals surface area contributed by atoms with Gasteiger partial charge in [0.15, 0.2) is 11.6 Å². The zero-order valence-electron chi connectivity index (χ0n) is 20.1. The van der Waals surface area contributed by atoms with Crippen LogP contribution in [0.25, 0.3) is 11.4 Å². The van der Waals surface area contributed by atoms with Crippen LogP contribution in [0.5, 0.6) is 5.75 Å². The standard InChI is InChI=1S/C27H36N2O4/c1-4-6-7-8-9-10-11-12-26(31)33-24-19-28-27(29-20-24)23-17-15-22(16-18-23)14-13-21(3)32-25(30)5-2/h9-10,15-21H,4-8,11-14H2,1-3H3/b10-9+. The summed E-state index contributed by atoms with van der Waals surface area (Å²) < 4.78 is 10.6. The summed E-state index contributed by atoms with van der Waals surface area (Å²) >= 11 is 0. The van der Waals surface area contributed by atoms with E-state index in [0.717, 1.165) is 30.4 Å². The number of carbonyl (C=O) groups excluding carboxylic acids is 2. The third kappa shape index (κ3) is 10.4. The highest BCUT2D eigenvalue weighted by Gasteiger charge is 2.09. The summed E-state index contributed by atoms with van der Waals surface area (Å²) in [5, 5.41) is 0. The molecule has 6 nitrogen and oxygen atoms in total. The van der Waals surface area contributed by atoms with Crippen molar-refractivity contribution in [3.05, 3.63) is 54.4 Å². The van der Waals surface area contributed by atoms with Crippen molar-refractivity contribution in [3.8, 4) is 17.1 Å². The van der Waals surface area contributed by atoms with Crippen LogP contribution < -0.4 is 4.74 Å². The lowest BCUT2D eigenvalue weighted by Gasteiger charge is -2.12. The Morgan fingerprint density at radius 2 is 1.67 bits per heavy atom. The van der Waals surface area contributed by atoms with E-state index in [1.807, 2.05) is 37.3 Å². The van der Waals surface area contributed by atoms with Gasteiger partial charge in [-0.1, -0.05) is 63.1 Å². The van der Waals surface area contributed by atoms with E-state index in [2.05, 4.69) is 23.0 Å². The molecular formula is C27H36N2O4. The molecule has 1 aromatic carbocycles. The van der Waals surface area contributed by atoms with Crippen LogP contribution in [0, 0.1) is 0 Å². The quantitative estimate of drug-likeness (QED) is 0.192. The number of nitrogens with zero attached hydrogens (tertiary/aromatic N) is 2. The molecule has 0 aliphatic heterocycles. The van der Waals surface area contributed by atoms with E-state index >= 15 is 0 Å². The summed E-state index contributed by atoms with van der Waals surface area (Å²) in [6, 6.07) is 7.98. The van der Waals surface area contributed by atoms with Crippen LogP contribution in [0.3, 0.4) is 0 Å². The Balaban J connectivity index is 1.77. The Bertz CT molecular complexity index is 876. The maximum absolute atomic E-state index is 12.0. The van der Waals surface area contributed by atoms with E-state index in [1.54, 1.807) is 6.92 Å². The first-order chi connectivity index (χ1) is 16.0. The molecule has 1 aromatic heterocycles. The van der Waals surface area contributed by atoms with Crippen molar-refractivity contribution >= 4 is 11.9 Å². The van der Waals surface area contributed by atoms with Crippen molar-refractivity contribution in [2.24, 2.45) is 0 Å². The summed E-state index contributed by atoms with van der Waals surface area (Å²) in [5.41, 5.74) is 2.04. The average molecular weight is 453 g/mol. The second-order valence-corrected chi connectivity index (χ2v) is 8.11. The first-order valence-electron chi connectivity index (χ1n) is 12.0. The maximum atomic E-state index is 12.0. The molecule has 0 saturated heterocycles. The second kappa shape index (κ2) is 14.9. The third-order valence-electron chi connectivity index (χ3n) is 5.19. The lowest BCUT2D eigenvalue weighted by atomic mass is 10.1. The van der Waals surface area contributed by atoms with Crippen molar-refractivity contribution in [1.82, 2.24) is 9.97 Å². The molecule has 33 heavy (non-hydrogen) atoms. The van der Waals surface area contributed by atoms with Crippen molar-refractivity contribution < 1.29 is 19.1 Å². The van der Waals surface area contributed by atoms with Crippen molar-refractivity contribution in [2.45, 2.75) is 84.7 Å². The first-order valence-corrected chi connectivity index (χ1v) is 12.0. The molecule has 6 heteroatoms. The number of aryl methyl sites for hydroxylation is 1. The summed E-state index contributed by atoms with van der Waals surface area (Å²) in [5.74, 6) is 0.469. The summed E-state index contributed by atoms with van der Waals surface area (Å²) in [4.78, 5) is 32.0. The highest BCUT2D eigenvalue weighted by molar-refractivity contribution is 5.72. The van der Waals surface area contributed by atoms with Crippen LogP contribution in [0.15, 0.2) is 48.8 Å². The summed E-state index contributed by atoms with van der Waals surface area (Å²) in [6.45, 7) is 5.89. The monoisotopic (exact) mass is 452 g/mol. The molecule has 0 radical (unpaired) electrons. The minimum Gasteiger partial charge on any atom is -0.463 e. The topological polar surface area (TPSA) is 78.4 Å². The Kier molecular flexibility index (Phi) is 11.9. The average Bonchev–Trinajstić information content (AvgIpc) is 2.83. The maximum Gasteiger partial charge on any atom is 0.311 e. The highest BCUT2D eigenvalue weighted by atomic mass is 16.5. The number of ether oxygens (including phenoxy) is 2. The molecule has 178 valence electrons. The fourth-order valence-corrected chi connectivity index (χ4v) is 3.21.